The fourth-order valence-corrected chi connectivity index (χ4v) is 2.20. The van der Waals surface area contributed by atoms with Crippen molar-refractivity contribution in [1.29, 1.82) is 0 Å². The third-order valence-corrected chi connectivity index (χ3v) is 3.83. The molecule has 0 fully saturated rings. The molecule has 0 aliphatic heterocycles. The van der Waals surface area contributed by atoms with Gasteiger partial charge in [-0.3, -0.25) is 0 Å². The summed E-state index contributed by atoms with van der Waals surface area (Å²) in [6.45, 7) is 10.0. The minimum atomic E-state index is -4.03. The molecule has 0 spiro atoms. The molecule has 0 saturated heterocycles. The van der Waals surface area contributed by atoms with Crippen molar-refractivity contribution in [3.05, 3.63) is 0 Å². The Kier molecular flexibility index (Phi) is 5.63. The first-order chi connectivity index (χ1) is 6.39. The van der Waals surface area contributed by atoms with Crippen LogP contribution in [0, 0.1) is 0 Å². The summed E-state index contributed by atoms with van der Waals surface area (Å²) in [6.07, 6.45) is 0.474. The van der Waals surface area contributed by atoms with Crippen LogP contribution in [0.3, 0.4) is 0 Å². The molecule has 0 aromatic heterocycles. The van der Waals surface area contributed by atoms with E-state index in [1.807, 2.05) is 0 Å². The highest BCUT2D eigenvalue weighted by molar-refractivity contribution is 7.85. The third kappa shape index (κ3) is 4.93. The van der Waals surface area contributed by atoms with E-state index in [4.69, 9.17) is 0 Å². The molecule has 4 nitrogen and oxygen atoms in total. The maximum atomic E-state index is 10.4. The predicted molar refractivity (Wildman–Crippen MR) is 55.9 cm³/mol. The monoisotopic (exact) mass is 223 g/mol. The van der Waals surface area contributed by atoms with Gasteiger partial charge in [0, 0.05) is 12.2 Å². The number of nitrogens with zero attached hydrogens (tertiary/aromatic N) is 1. The fourth-order valence-electron chi connectivity index (χ4n) is 1.72. The van der Waals surface area contributed by atoms with Crippen LogP contribution in [-0.2, 0) is 10.1 Å². The van der Waals surface area contributed by atoms with E-state index in [1.165, 1.54) is 0 Å². The maximum absolute atomic E-state index is 10.4. The first-order valence-corrected chi connectivity index (χ1v) is 6.75. The summed E-state index contributed by atoms with van der Waals surface area (Å²) in [5, 5.41) is 0. The van der Waals surface area contributed by atoms with Gasteiger partial charge >= 0.3 is 0 Å². The summed E-state index contributed by atoms with van der Waals surface area (Å²) < 4.78 is 32.2. The van der Waals surface area contributed by atoms with E-state index in [0.29, 0.717) is 6.42 Å². The molecule has 0 amide bonds. The van der Waals surface area contributed by atoms with Crippen LogP contribution < -0.4 is 0 Å². The van der Waals surface area contributed by atoms with E-state index < -0.39 is 10.1 Å². The van der Waals surface area contributed by atoms with Crippen LogP contribution in [0.2, 0.25) is 0 Å². The van der Waals surface area contributed by atoms with Crippen molar-refractivity contribution in [2.24, 2.45) is 0 Å². The van der Waals surface area contributed by atoms with Gasteiger partial charge in [0.05, 0.1) is 36.3 Å². The smallest absolute Gasteiger partial charge is 0.0948 e. The van der Waals surface area contributed by atoms with Gasteiger partial charge in [-0.2, -0.15) is 0 Å². The van der Waals surface area contributed by atoms with Crippen molar-refractivity contribution in [2.45, 2.75) is 27.2 Å². The second-order valence-electron chi connectivity index (χ2n) is 3.63. The minimum Gasteiger partial charge on any atom is -0.748 e. The highest BCUT2D eigenvalue weighted by Crippen LogP contribution is 2.07. The Morgan fingerprint density at radius 1 is 1.07 bits per heavy atom. The maximum Gasteiger partial charge on any atom is 0.0948 e. The lowest BCUT2D eigenvalue weighted by Gasteiger charge is -2.35. The Labute approximate surface area is 87.3 Å². The number of hydrogen-bond acceptors (Lipinski definition) is 3. The largest absolute Gasteiger partial charge is 0.748 e. The molecule has 0 aromatic carbocycles. The van der Waals surface area contributed by atoms with Gasteiger partial charge in [-0.25, -0.2) is 8.42 Å². The zero-order chi connectivity index (χ0) is 11.2. The summed E-state index contributed by atoms with van der Waals surface area (Å²) in [4.78, 5) is 0. The molecule has 86 valence electrons. The normalized spacial score (nSPS) is 13.1. The molecule has 0 aliphatic rings. The fraction of sp³-hybridized carbons (Fsp3) is 1.00. The lowest BCUT2D eigenvalue weighted by molar-refractivity contribution is -0.923. The van der Waals surface area contributed by atoms with Crippen molar-refractivity contribution in [3.8, 4) is 0 Å². The van der Waals surface area contributed by atoms with Gasteiger partial charge in [-0.15, -0.1) is 0 Å². The van der Waals surface area contributed by atoms with Crippen LogP contribution in [0.15, 0.2) is 0 Å². The van der Waals surface area contributed by atoms with Crippen LogP contribution >= 0.6 is 0 Å². The molecule has 5 heteroatoms. The lowest BCUT2D eigenvalue weighted by atomic mass is 10.3. The second kappa shape index (κ2) is 5.68. The van der Waals surface area contributed by atoms with Crippen molar-refractivity contribution < 1.29 is 17.5 Å². The molecule has 0 aromatic rings. The molecular weight excluding hydrogens is 202 g/mol. The molecule has 0 heterocycles. The summed E-state index contributed by atoms with van der Waals surface area (Å²) in [7, 11) is -4.03. The first-order valence-electron chi connectivity index (χ1n) is 5.17. The second-order valence-corrected chi connectivity index (χ2v) is 5.15. The van der Waals surface area contributed by atoms with Crippen LogP contribution in [-0.4, -0.2) is 49.4 Å². The van der Waals surface area contributed by atoms with E-state index in [2.05, 4.69) is 20.8 Å². The highest BCUT2D eigenvalue weighted by atomic mass is 32.2. The summed E-state index contributed by atoms with van der Waals surface area (Å²) in [5.74, 6) is -0.229. The molecule has 0 N–H and O–H groups in total. The highest BCUT2D eigenvalue weighted by Gasteiger charge is 2.19. The van der Waals surface area contributed by atoms with Gasteiger partial charge in [0.2, 0.25) is 0 Å². The Morgan fingerprint density at radius 2 is 1.50 bits per heavy atom. The third-order valence-electron chi connectivity index (χ3n) is 3.04. The Hall–Kier alpha value is -0.130. The van der Waals surface area contributed by atoms with Crippen molar-refractivity contribution in [1.82, 2.24) is 0 Å². The zero-order valence-electron chi connectivity index (χ0n) is 9.32. The van der Waals surface area contributed by atoms with Gasteiger partial charge in [-0.1, -0.05) is 0 Å². The van der Waals surface area contributed by atoms with Crippen molar-refractivity contribution in [2.75, 3.05) is 31.9 Å². The lowest BCUT2D eigenvalue weighted by Crippen LogP contribution is -2.48. The van der Waals surface area contributed by atoms with Crippen molar-refractivity contribution >= 4 is 10.1 Å². The quantitative estimate of drug-likeness (QED) is 0.474. The zero-order valence-corrected chi connectivity index (χ0v) is 10.1. The summed E-state index contributed by atoms with van der Waals surface area (Å²) in [6, 6.07) is 0. The molecule has 0 saturated carbocycles. The van der Waals surface area contributed by atoms with E-state index in [0.717, 1.165) is 30.7 Å². The van der Waals surface area contributed by atoms with Crippen LogP contribution in [0.5, 0.6) is 0 Å². The first kappa shape index (κ1) is 13.9. The summed E-state index contributed by atoms with van der Waals surface area (Å²) in [5.41, 5.74) is 0. The van der Waals surface area contributed by atoms with Gasteiger partial charge < -0.3 is 9.04 Å². The average Bonchev–Trinajstić information content (AvgIpc) is 2.11. The molecule has 0 aliphatic carbocycles. The van der Waals surface area contributed by atoms with E-state index in [9.17, 15) is 13.0 Å². The van der Waals surface area contributed by atoms with Crippen LogP contribution in [0.25, 0.3) is 0 Å². The van der Waals surface area contributed by atoms with Crippen LogP contribution in [0.4, 0.5) is 0 Å². The number of quaternary nitrogens is 1. The van der Waals surface area contributed by atoms with Gasteiger partial charge in [0.1, 0.15) is 0 Å². The molecule has 0 atom stereocenters. The van der Waals surface area contributed by atoms with Crippen LogP contribution in [0.1, 0.15) is 27.2 Å². The van der Waals surface area contributed by atoms with E-state index in [1.54, 1.807) is 0 Å². The minimum absolute atomic E-state index is 0.229. The Morgan fingerprint density at radius 3 is 1.79 bits per heavy atom. The van der Waals surface area contributed by atoms with Crippen molar-refractivity contribution in [3.63, 3.8) is 0 Å². The molecule has 0 rings (SSSR count). The molecule has 14 heavy (non-hydrogen) atoms. The van der Waals surface area contributed by atoms with E-state index in [-0.39, 0.29) is 5.75 Å². The van der Waals surface area contributed by atoms with Gasteiger partial charge in [0.25, 0.3) is 0 Å². The molecule has 0 radical (unpaired) electrons. The average molecular weight is 223 g/mol. The standard InChI is InChI=1S/C9H21NO3S/c1-4-10(5-2,6-3)8-7-9-14(11,12)13/h4-9H2,1-3H3. The van der Waals surface area contributed by atoms with E-state index >= 15 is 0 Å². The topological polar surface area (TPSA) is 57.2 Å². The summed E-state index contributed by atoms with van der Waals surface area (Å²) >= 11 is 0. The Bertz CT molecular complexity index is 237. The van der Waals surface area contributed by atoms with Gasteiger partial charge in [-0.05, 0) is 20.8 Å². The molecule has 0 unspecified atom stereocenters. The number of hydrogen-bond donors (Lipinski definition) is 0. The predicted octanol–water partition coefficient (Wildman–Crippen LogP) is 0.798. The Balaban J connectivity index is 4.08. The molecular formula is C9H21NO3S. The van der Waals surface area contributed by atoms with Gasteiger partial charge in [0.15, 0.2) is 0 Å². The number of rotatable bonds is 7. The SMILES string of the molecule is CC[N+](CC)(CC)CCCS(=O)(=O)[O-]. The molecule has 0 bridgehead atoms.